The smallest absolute Gasteiger partial charge is 0.112 e. The van der Waals surface area contributed by atoms with Crippen LogP contribution in [0.3, 0.4) is 0 Å². The van der Waals surface area contributed by atoms with Crippen LogP contribution in [0.2, 0.25) is 0 Å². The van der Waals surface area contributed by atoms with Gasteiger partial charge in [-0.3, -0.25) is 0 Å². The van der Waals surface area contributed by atoms with E-state index in [1.165, 1.54) is 43.6 Å². The number of imidazole rings is 1. The molecule has 1 fully saturated rings. The molecule has 1 aromatic rings. The van der Waals surface area contributed by atoms with Crippen LogP contribution in [-0.4, -0.2) is 23.1 Å². The number of hydrogen-bond acceptors (Lipinski definition) is 2. The van der Waals surface area contributed by atoms with Gasteiger partial charge in [0.15, 0.2) is 0 Å². The maximum absolute atomic E-state index is 4.63. The average Bonchev–Trinajstić information content (AvgIpc) is 3.00. The highest BCUT2D eigenvalue weighted by molar-refractivity contribution is 5.17. The molecular formula is C12H19N3. The predicted molar refractivity (Wildman–Crippen MR) is 60.1 cm³/mol. The molecule has 1 saturated carbocycles. The first-order valence-corrected chi connectivity index (χ1v) is 6.10. The molecule has 1 aliphatic carbocycles. The maximum atomic E-state index is 4.63. The predicted octanol–water partition coefficient (Wildman–Crippen LogP) is 1.86. The average molecular weight is 205 g/mol. The van der Waals surface area contributed by atoms with E-state index in [4.69, 9.17) is 0 Å². The van der Waals surface area contributed by atoms with Crippen LogP contribution >= 0.6 is 0 Å². The molecule has 0 saturated heterocycles. The summed E-state index contributed by atoms with van der Waals surface area (Å²) in [6.45, 7) is 1.09. The van der Waals surface area contributed by atoms with E-state index in [9.17, 15) is 0 Å². The van der Waals surface area contributed by atoms with Crippen LogP contribution in [0.4, 0.5) is 0 Å². The summed E-state index contributed by atoms with van der Waals surface area (Å²) in [4.78, 5) is 4.63. The number of aryl methyl sites for hydroxylation is 1. The normalized spacial score (nSPS) is 25.3. The van der Waals surface area contributed by atoms with E-state index in [1.54, 1.807) is 0 Å². The Bertz CT molecular complexity index is 352. The lowest BCUT2D eigenvalue weighted by Crippen LogP contribution is -2.27. The fourth-order valence-corrected chi connectivity index (χ4v) is 2.74. The van der Waals surface area contributed by atoms with E-state index in [-0.39, 0.29) is 0 Å². The fraction of sp³-hybridized carbons (Fsp3) is 0.750. The minimum Gasteiger partial charge on any atom is -0.327 e. The van der Waals surface area contributed by atoms with Crippen LogP contribution in [0.1, 0.15) is 49.2 Å². The fourth-order valence-electron chi connectivity index (χ4n) is 2.74. The van der Waals surface area contributed by atoms with Gasteiger partial charge in [0.25, 0.3) is 0 Å². The quantitative estimate of drug-likeness (QED) is 0.816. The van der Waals surface area contributed by atoms with Gasteiger partial charge >= 0.3 is 0 Å². The molecule has 0 amide bonds. The summed E-state index contributed by atoms with van der Waals surface area (Å²) in [7, 11) is 2.04. The summed E-state index contributed by atoms with van der Waals surface area (Å²) in [6, 6.07) is 0.650. The number of hydrogen-bond donors (Lipinski definition) is 1. The topological polar surface area (TPSA) is 29.9 Å². The largest absolute Gasteiger partial charge is 0.327 e. The van der Waals surface area contributed by atoms with E-state index < -0.39 is 0 Å². The Morgan fingerprint density at radius 3 is 3.07 bits per heavy atom. The highest BCUT2D eigenvalue weighted by atomic mass is 15.1. The van der Waals surface area contributed by atoms with Crippen LogP contribution < -0.4 is 5.32 Å². The Morgan fingerprint density at radius 2 is 2.33 bits per heavy atom. The van der Waals surface area contributed by atoms with Gasteiger partial charge in [-0.05, 0) is 39.2 Å². The Labute approximate surface area is 90.9 Å². The molecular weight excluding hydrogens is 186 g/mol. The number of rotatable bonds is 3. The van der Waals surface area contributed by atoms with Gasteiger partial charge in [-0.2, -0.15) is 0 Å². The molecule has 1 unspecified atom stereocenters. The molecule has 1 aromatic heterocycles. The first-order valence-electron chi connectivity index (χ1n) is 6.10. The third kappa shape index (κ3) is 1.59. The van der Waals surface area contributed by atoms with E-state index in [2.05, 4.69) is 21.1 Å². The summed E-state index contributed by atoms with van der Waals surface area (Å²) in [5, 5.41) is 3.31. The lowest BCUT2D eigenvalue weighted by atomic mass is 10.0. The van der Waals surface area contributed by atoms with Crippen molar-refractivity contribution in [2.24, 2.45) is 0 Å². The van der Waals surface area contributed by atoms with Crippen LogP contribution in [0.5, 0.6) is 0 Å². The molecule has 1 N–H and O–H groups in total. The van der Waals surface area contributed by atoms with Gasteiger partial charge in [-0.1, -0.05) is 0 Å². The van der Waals surface area contributed by atoms with E-state index in [1.807, 2.05) is 7.05 Å². The van der Waals surface area contributed by atoms with E-state index in [0.717, 1.165) is 12.5 Å². The molecule has 2 heterocycles. The van der Waals surface area contributed by atoms with Crippen LogP contribution in [0.25, 0.3) is 0 Å². The SMILES string of the molecule is CNCC1CCCc2cnc(C3CC3)n21. The summed E-state index contributed by atoms with van der Waals surface area (Å²) in [5.74, 6) is 2.14. The number of aromatic nitrogens is 2. The van der Waals surface area contributed by atoms with Gasteiger partial charge < -0.3 is 9.88 Å². The zero-order valence-corrected chi connectivity index (χ0v) is 9.37. The van der Waals surface area contributed by atoms with Crippen molar-refractivity contribution in [2.75, 3.05) is 13.6 Å². The second-order valence-corrected chi connectivity index (χ2v) is 4.86. The van der Waals surface area contributed by atoms with Gasteiger partial charge in [-0.25, -0.2) is 4.98 Å². The molecule has 0 bridgehead atoms. The Kier molecular flexibility index (Phi) is 2.28. The van der Waals surface area contributed by atoms with Crippen molar-refractivity contribution in [1.82, 2.24) is 14.9 Å². The molecule has 0 spiro atoms. The van der Waals surface area contributed by atoms with Crippen LogP contribution in [0, 0.1) is 0 Å². The number of likely N-dealkylation sites (N-methyl/N-ethyl adjacent to an activating group) is 1. The third-order valence-electron chi connectivity index (χ3n) is 3.62. The van der Waals surface area contributed by atoms with Gasteiger partial charge in [0.1, 0.15) is 5.82 Å². The molecule has 82 valence electrons. The third-order valence-corrected chi connectivity index (χ3v) is 3.62. The van der Waals surface area contributed by atoms with Crippen molar-refractivity contribution in [3.05, 3.63) is 17.7 Å². The standard InChI is InChI=1S/C12H19N3/c1-13-7-10-3-2-4-11-8-14-12(15(10)11)9-5-6-9/h8-10,13H,2-7H2,1H3. The Balaban J connectivity index is 1.95. The number of nitrogens with zero attached hydrogens (tertiary/aromatic N) is 2. The highest BCUT2D eigenvalue weighted by Crippen LogP contribution is 2.42. The molecule has 2 aliphatic rings. The Hall–Kier alpha value is -0.830. The molecule has 3 rings (SSSR count). The van der Waals surface area contributed by atoms with Gasteiger partial charge in [0.2, 0.25) is 0 Å². The van der Waals surface area contributed by atoms with E-state index >= 15 is 0 Å². The maximum Gasteiger partial charge on any atom is 0.112 e. The minimum absolute atomic E-state index is 0.650. The molecule has 15 heavy (non-hydrogen) atoms. The van der Waals surface area contributed by atoms with Crippen LogP contribution in [-0.2, 0) is 6.42 Å². The second-order valence-electron chi connectivity index (χ2n) is 4.86. The summed E-state index contributed by atoms with van der Waals surface area (Å²) in [5.41, 5.74) is 1.46. The molecule has 0 radical (unpaired) electrons. The Morgan fingerprint density at radius 1 is 1.47 bits per heavy atom. The van der Waals surface area contributed by atoms with Crippen molar-refractivity contribution in [3.8, 4) is 0 Å². The lowest BCUT2D eigenvalue weighted by molar-refractivity contribution is 0.379. The van der Waals surface area contributed by atoms with Crippen molar-refractivity contribution in [3.63, 3.8) is 0 Å². The first kappa shape index (κ1) is 9.40. The highest BCUT2D eigenvalue weighted by Gasteiger charge is 2.32. The van der Waals surface area contributed by atoms with Crippen molar-refractivity contribution in [2.45, 2.75) is 44.1 Å². The molecule has 3 heteroatoms. The number of fused-ring (bicyclic) bond motifs is 1. The van der Waals surface area contributed by atoms with Gasteiger partial charge in [0, 0.05) is 30.4 Å². The monoisotopic (exact) mass is 205 g/mol. The van der Waals surface area contributed by atoms with Gasteiger partial charge in [-0.15, -0.1) is 0 Å². The zero-order valence-electron chi connectivity index (χ0n) is 9.37. The van der Waals surface area contributed by atoms with Crippen molar-refractivity contribution < 1.29 is 0 Å². The van der Waals surface area contributed by atoms with Crippen molar-refractivity contribution in [1.29, 1.82) is 0 Å². The lowest BCUT2D eigenvalue weighted by Gasteiger charge is -2.27. The van der Waals surface area contributed by atoms with Crippen LogP contribution in [0.15, 0.2) is 6.20 Å². The summed E-state index contributed by atoms with van der Waals surface area (Å²) < 4.78 is 2.53. The zero-order chi connectivity index (χ0) is 10.3. The summed E-state index contributed by atoms with van der Waals surface area (Å²) >= 11 is 0. The summed E-state index contributed by atoms with van der Waals surface area (Å²) in [6.07, 6.45) is 8.66. The van der Waals surface area contributed by atoms with E-state index in [0.29, 0.717) is 6.04 Å². The number of nitrogens with one attached hydrogen (secondary N) is 1. The molecule has 1 aliphatic heterocycles. The molecule has 3 nitrogen and oxygen atoms in total. The second kappa shape index (κ2) is 3.63. The first-order chi connectivity index (χ1) is 7.40. The molecule has 1 atom stereocenters. The molecule has 0 aromatic carbocycles. The minimum atomic E-state index is 0.650. The van der Waals surface area contributed by atoms with Crippen molar-refractivity contribution >= 4 is 0 Å². The van der Waals surface area contributed by atoms with Gasteiger partial charge in [0.05, 0.1) is 0 Å².